The van der Waals surface area contributed by atoms with E-state index in [4.69, 9.17) is 26.3 Å². The van der Waals surface area contributed by atoms with Gasteiger partial charge in [0.1, 0.15) is 0 Å². The van der Waals surface area contributed by atoms with E-state index in [0.29, 0.717) is 22.7 Å². The molecule has 4 rings (SSSR count). The molecule has 0 bridgehead atoms. The van der Waals surface area contributed by atoms with Crippen molar-refractivity contribution in [2.45, 2.75) is 0 Å². The standard InChI is InChI=1S/4C7H5N.Rh/c4*1-8-7-5-3-2-4-6-7;/h4*2-6H;. The first-order valence-electron chi connectivity index (χ1n) is 9.43. The minimum absolute atomic E-state index is 0. The molecule has 33 heavy (non-hydrogen) atoms. The van der Waals surface area contributed by atoms with Crippen LogP contribution in [-0.2, 0) is 19.5 Å². The number of hydrogen-bond acceptors (Lipinski definition) is 0. The number of benzene rings is 4. The van der Waals surface area contributed by atoms with Crippen molar-refractivity contribution in [2.75, 3.05) is 0 Å². The summed E-state index contributed by atoms with van der Waals surface area (Å²) in [5.74, 6) is 0. The molecule has 0 fully saturated rings. The van der Waals surface area contributed by atoms with E-state index in [-0.39, 0.29) is 19.5 Å². The molecule has 0 atom stereocenters. The molecule has 0 saturated heterocycles. The largest absolute Gasteiger partial charge is 0.238 e. The molecule has 0 aliphatic carbocycles. The Labute approximate surface area is 208 Å². The summed E-state index contributed by atoms with van der Waals surface area (Å²) in [4.78, 5) is 12.9. The van der Waals surface area contributed by atoms with Gasteiger partial charge in [-0.3, -0.25) is 0 Å². The van der Waals surface area contributed by atoms with Crippen LogP contribution in [0.1, 0.15) is 0 Å². The normalized spacial score (nSPS) is 7.64. The fourth-order valence-corrected chi connectivity index (χ4v) is 2.01. The number of rotatable bonds is 0. The molecule has 5 heteroatoms. The number of nitrogens with zero attached hydrogens (tertiary/aromatic N) is 4. The van der Waals surface area contributed by atoms with E-state index in [1.165, 1.54) is 0 Å². The average molecular weight is 515 g/mol. The first kappa shape index (κ1) is 28.5. The van der Waals surface area contributed by atoms with Gasteiger partial charge in [0, 0.05) is 19.5 Å². The summed E-state index contributed by atoms with van der Waals surface area (Å²) in [5, 5.41) is 0. The molecule has 0 amide bonds. The number of para-hydroxylation sites is 4. The molecule has 0 N–H and O–H groups in total. The maximum Gasteiger partial charge on any atom is 0.187 e. The van der Waals surface area contributed by atoms with Crippen molar-refractivity contribution in [1.82, 2.24) is 0 Å². The molecular formula is C28H20N4Rh. The Morgan fingerprint density at radius 3 is 0.545 bits per heavy atom. The summed E-state index contributed by atoms with van der Waals surface area (Å²) in [5.41, 5.74) is 2.81. The van der Waals surface area contributed by atoms with Crippen LogP contribution in [-0.4, -0.2) is 0 Å². The third-order valence-electron chi connectivity index (χ3n) is 3.54. The maximum absolute atomic E-state index is 6.57. The first-order chi connectivity index (χ1) is 15.7. The van der Waals surface area contributed by atoms with Gasteiger partial charge < -0.3 is 0 Å². The third kappa shape index (κ3) is 14.2. The van der Waals surface area contributed by atoms with Crippen molar-refractivity contribution in [3.05, 3.63) is 167 Å². The predicted molar refractivity (Wildman–Crippen MR) is 131 cm³/mol. The van der Waals surface area contributed by atoms with E-state index in [0.717, 1.165) is 0 Å². The monoisotopic (exact) mass is 515 g/mol. The Morgan fingerprint density at radius 1 is 0.303 bits per heavy atom. The minimum Gasteiger partial charge on any atom is -0.238 e. The molecule has 0 spiro atoms. The zero-order chi connectivity index (χ0) is 23.3. The van der Waals surface area contributed by atoms with Crippen molar-refractivity contribution < 1.29 is 19.5 Å². The minimum atomic E-state index is 0. The summed E-state index contributed by atoms with van der Waals surface area (Å²) < 4.78 is 0. The van der Waals surface area contributed by atoms with Gasteiger partial charge in [0.05, 0.1) is 26.3 Å². The predicted octanol–water partition coefficient (Wildman–Crippen LogP) is 8.95. The van der Waals surface area contributed by atoms with Gasteiger partial charge in [-0.05, 0) is 0 Å². The van der Waals surface area contributed by atoms with Crippen LogP contribution in [0.4, 0.5) is 22.7 Å². The van der Waals surface area contributed by atoms with E-state index in [2.05, 4.69) is 19.4 Å². The van der Waals surface area contributed by atoms with Gasteiger partial charge >= 0.3 is 0 Å². The summed E-state index contributed by atoms with van der Waals surface area (Å²) in [6.07, 6.45) is 0. The van der Waals surface area contributed by atoms with Gasteiger partial charge in [-0.2, -0.15) is 0 Å². The fourth-order valence-electron chi connectivity index (χ4n) is 2.01. The number of hydrogen-bond donors (Lipinski definition) is 0. The van der Waals surface area contributed by atoms with E-state index in [1.807, 2.05) is 72.8 Å². The van der Waals surface area contributed by atoms with Crippen LogP contribution in [0.3, 0.4) is 0 Å². The second-order valence-corrected chi connectivity index (χ2v) is 5.79. The van der Waals surface area contributed by atoms with Crippen LogP contribution in [0.15, 0.2) is 121 Å². The SMILES string of the molecule is [C-]#[N+]c1ccccc1.[C-]#[N+]c1ccccc1.[C-]#[N+]c1ccccc1.[C-]#[N+]c1ccccc1.[Rh]. The van der Waals surface area contributed by atoms with Crippen molar-refractivity contribution >= 4 is 22.7 Å². The van der Waals surface area contributed by atoms with Crippen molar-refractivity contribution in [1.29, 1.82) is 0 Å². The molecule has 1 radical (unpaired) electrons. The van der Waals surface area contributed by atoms with Crippen LogP contribution < -0.4 is 0 Å². The molecule has 0 aromatic heterocycles. The van der Waals surface area contributed by atoms with Crippen LogP contribution in [0.25, 0.3) is 19.4 Å². The fraction of sp³-hybridized carbons (Fsp3) is 0. The summed E-state index contributed by atoms with van der Waals surface area (Å²) in [7, 11) is 0. The van der Waals surface area contributed by atoms with Crippen LogP contribution >= 0.6 is 0 Å². The molecule has 0 heterocycles. The molecule has 0 aliphatic rings. The molecule has 4 aromatic carbocycles. The quantitative estimate of drug-likeness (QED) is 0.164. The van der Waals surface area contributed by atoms with E-state index < -0.39 is 0 Å². The Kier molecular flexibility index (Phi) is 16.8. The van der Waals surface area contributed by atoms with E-state index >= 15 is 0 Å². The Morgan fingerprint density at radius 2 is 0.455 bits per heavy atom. The smallest absolute Gasteiger partial charge is 0.187 e. The Balaban J connectivity index is 0.000000410. The van der Waals surface area contributed by atoms with Gasteiger partial charge in [0.2, 0.25) is 0 Å². The van der Waals surface area contributed by atoms with Crippen molar-refractivity contribution in [3.8, 4) is 0 Å². The summed E-state index contributed by atoms with van der Waals surface area (Å²) in [6.45, 7) is 26.3. The van der Waals surface area contributed by atoms with Gasteiger partial charge in [0.25, 0.3) is 0 Å². The van der Waals surface area contributed by atoms with Crippen LogP contribution in [0.2, 0.25) is 0 Å². The third-order valence-corrected chi connectivity index (χ3v) is 3.54. The van der Waals surface area contributed by atoms with Gasteiger partial charge in [0.15, 0.2) is 22.7 Å². The van der Waals surface area contributed by atoms with Gasteiger partial charge in [-0.1, -0.05) is 121 Å². The molecule has 0 aliphatic heterocycles. The summed E-state index contributed by atoms with van der Waals surface area (Å²) in [6, 6.07) is 36.7. The molecular weight excluding hydrogens is 495 g/mol. The maximum atomic E-state index is 6.57. The summed E-state index contributed by atoms with van der Waals surface area (Å²) >= 11 is 0. The second-order valence-electron chi connectivity index (χ2n) is 5.79. The van der Waals surface area contributed by atoms with Gasteiger partial charge in [-0.25, -0.2) is 19.4 Å². The molecule has 4 nitrogen and oxygen atoms in total. The van der Waals surface area contributed by atoms with Crippen LogP contribution in [0, 0.1) is 26.3 Å². The Hall–Kier alpha value is -4.54. The van der Waals surface area contributed by atoms with Crippen molar-refractivity contribution in [2.24, 2.45) is 0 Å². The zero-order valence-corrected chi connectivity index (χ0v) is 19.3. The molecule has 0 unspecified atom stereocenters. The molecule has 4 aromatic rings. The van der Waals surface area contributed by atoms with Crippen LogP contribution in [0.5, 0.6) is 0 Å². The van der Waals surface area contributed by atoms with E-state index in [9.17, 15) is 0 Å². The first-order valence-corrected chi connectivity index (χ1v) is 9.43. The topological polar surface area (TPSA) is 17.4 Å². The average Bonchev–Trinajstić information content (AvgIpc) is 2.91. The molecule has 161 valence electrons. The zero-order valence-electron chi connectivity index (χ0n) is 17.7. The van der Waals surface area contributed by atoms with E-state index in [1.54, 1.807) is 48.5 Å². The second kappa shape index (κ2) is 19.4. The Bertz CT molecular complexity index is 986. The van der Waals surface area contributed by atoms with Gasteiger partial charge in [-0.15, -0.1) is 0 Å². The van der Waals surface area contributed by atoms with Crippen molar-refractivity contribution in [3.63, 3.8) is 0 Å². The molecule has 0 saturated carbocycles.